The van der Waals surface area contributed by atoms with Crippen LogP contribution in [0.3, 0.4) is 0 Å². The number of carbonyl (C=O) groups is 1. The van der Waals surface area contributed by atoms with Gasteiger partial charge in [-0.15, -0.1) is 0 Å². The summed E-state index contributed by atoms with van der Waals surface area (Å²) in [5, 5.41) is 21.1. The lowest BCUT2D eigenvalue weighted by Gasteiger charge is -2.11. The van der Waals surface area contributed by atoms with E-state index in [1.165, 1.54) is 12.1 Å². The number of halogens is 1. The normalized spacial score (nSPS) is 10.7. The Kier molecular flexibility index (Phi) is 6.26. The zero-order valence-electron chi connectivity index (χ0n) is 16.6. The van der Waals surface area contributed by atoms with Gasteiger partial charge in [-0.25, -0.2) is 14.6 Å². The Bertz CT molecular complexity index is 1110. The van der Waals surface area contributed by atoms with Gasteiger partial charge in [0.2, 0.25) is 0 Å². The summed E-state index contributed by atoms with van der Waals surface area (Å²) >= 11 is 5.98. The van der Waals surface area contributed by atoms with E-state index >= 15 is 0 Å². The van der Waals surface area contributed by atoms with Gasteiger partial charge in [-0.1, -0.05) is 11.6 Å². The van der Waals surface area contributed by atoms with Crippen LogP contribution >= 0.6 is 11.6 Å². The number of aromatic nitrogens is 4. The minimum atomic E-state index is -0.568. The average molecular weight is 430 g/mol. The van der Waals surface area contributed by atoms with Crippen molar-refractivity contribution in [3.63, 3.8) is 0 Å². The number of amides is 1. The van der Waals surface area contributed by atoms with Crippen molar-refractivity contribution in [3.05, 3.63) is 68.2 Å². The van der Waals surface area contributed by atoms with Gasteiger partial charge in [0.25, 0.3) is 11.6 Å². The van der Waals surface area contributed by atoms with Gasteiger partial charge in [0.1, 0.15) is 11.6 Å². The van der Waals surface area contributed by atoms with Crippen LogP contribution in [0.2, 0.25) is 5.02 Å². The van der Waals surface area contributed by atoms with Crippen molar-refractivity contribution in [3.8, 4) is 5.82 Å². The Morgan fingerprint density at radius 3 is 2.57 bits per heavy atom. The molecule has 2 aromatic heterocycles. The van der Waals surface area contributed by atoms with E-state index in [-0.39, 0.29) is 16.3 Å². The fourth-order valence-electron chi connectivity index (χ4n) is 2.88. The molecule has 0 spiro atoms. The van der Waals surface area contributed by atoms with Gasteiger partial charge >= 0.3 is 0 Å². The van der Waals surface area contributed by atoms with Crippen molar-refractivity contribution in [1.29, 1.82) is 0 Å². The molecule has 0 fully saturated rings. The average Bonchev–Trinajstić information content (AvgIpc) is 3.02. The zero-order chi connectivity index (χ0) is 21.8. The summed E-state index contributed by atoms with van der Waals surface area (Å²) in [4.78, 5) is 31.2. The van der Waals surface area contributed by atoms with Crippen molar-refractivity contribution in [2.24, 2.45) is 0 Å². The molecular formula is C19H20ClN7O3. The first-order valence-corrected chi connectivity index (χ1v) is 9.47. The number of aryl methyl sites for hydroxylation is 3. The largest absolute Gasteiger partial charge is 0.368 e. The monoisotopic (exact) mass is 429 g/mol. The smallest absolute Gasteiger partial charge is 0.270 e. The second kappa shape index (κ2) is 8.87. The number of nitrogens with one attached hydrogen (secondary N) is 2. The van der Waals surface area contributed by atoms with Crippen molar-refractivity contribution >= 4 is 29.0 Å². The van der Waals surface area contributed by atoms with E-state index in [1.54, 1.807) is 17.7 Å². The number of non-ortho nitro benzene ring substituents is 1. The van der Waals surface area contributed by atoms with Gasteiger partial charge in [0.05, 0.1) is 21.2 Å². The van der Waals surface area contributed by atoms with E-state index in [4.69, 9.17) is 11.6 Å². The Hall–Kier alpha value is -3.53. The van der Waals surface area contributed by atoms with Gasteiger partial charge in [-0.05, 0) is 32.9 Å². The topological polar surface area (TPSA) is 128 Å². The maximum atomic E-state index is 12.3. The fraction of sp³-hybridized carbons (Fsp3) is 0.263. The highest BCUT2D eigenvalue weighted by Gasteiger charge is 2.14. The minimum absolute atomic E-state index is 0.0237. The van der Waals surface area contributed by atoms with Gasteiger partial charge in [0, 0.05) is 37.0 Å². The molecule has 0 saturated heterocycles. The summed E-state index contributed by atoms with van der Waals surface area (Å²) in [6.45, 7) is 6.35. The SMILES string of the molecule is Cc1cc(C)n(-c2cc(NCCNC(=O)c3ccc([N+](=O)[O-])cc3Cl)nc(C)n2)n1. The van der Waals surface area contributed by atoms with Crippen LogP contribution in [0.4, 0.5) is 11.5 Å². The number of rotatable bonds is 7. The number of nitro benzene ring substituents is 1. The summed E-state index contributed by atoms with van der Waals surface area (Å²) in [6, 6.07) is 7.46. The van der Waals surface area contributed by atoms with Gasteiger partial charge in [-0.2, -0.15) is 5.10 Å². The lowest BCUT2D eigenvalue weighted by molar-refractivity contribution is -0.384. The summed E-state index contributed by atoms with van der Waals surface area (Å²) in [5.74, 6) is 1.42. The maximum absolute atomic E-state index is 12.3. The van der Waals surface area contributed by atoms with Gasteiger partial charge < -0.3 is 10.6 Å². The van der Waals surface area contributed by atoms with Crippen LogP contribution in [-0.2, 0) is 0 Å². The summed E-state index contributed by atoms with van der Waals surface area (Å²) < 4.78 is 1.74. The van der Waals surface area contributed by atoms with E-state index in [9.17, 15) is 14.9 Å². The molecule has 3 aromatic rings. The number of benzene rings is 1. The molecule has 30 heavy (non-hydrogen) atoms. The molecule has 1 aromatic carbocycles. The lowest BCUT2D eigenvalue weighted by atomic mass is 10.2. The molecule has 156 valence electrons. The van der Waals surface area contributed by atoms with E-state index in [0.717, 1.165) is 17.5 Å². The molecule has 3 rings (SSSR count). The third-order valence-corrected chi connectivity index (χ3v) is 4.49. The van der Waals surface area contributed by atoms with Crippen LogP contribution in [0.5, 0.6) is 0 Å². The number of hydrogen-bond acceptors (Lipinski definition) is 7. The number of carbonyl (C=O) groups excluding carboxylic acids is 1. The molecule has 0 aliphatic heterocycles. The zero-order valence-corrected chi connectivity index (χ0v) is 17.4. The van der Waals surface area contributed by atoms with E-state index in [0.29, 0.717) is 30.5 Å². The highest BCUT2D eigenvalue weighted by atomic mass is 35.5. The molecule has 0 saturated carbocycles. The third-order valence-electron chi connectivity index (χ3n) is 4.18. The van der Waals surface area contributed by atoms with Crippen molar-refractivity contribution < 1.29 is 9.72 Å². The van der Waals surface area contributed by atoms with Crippen LogP contribution in [0.1, 0.15) is 27.6 Å². The predicted octanol–water partition coefficient (Wildman–Crippen LogP) is 2.99. The van der Waals surface area contributed by atoms with Crippen molar-refractivity contribution in [2.75, 3.05) is 18.4 Å². The summed E-state index contributed by atoms with van der Waals surface area (Å²) in [5.41, 5.74) is 1.86. The molecule has 0 unspecified atom stereocenters. The highest BCUT2D eigenvalue weighted by molar-refractivity contribution is 6.34. The summed E-state index contributed by atoms with van der Waals surface area (Å²) in [6.07, 6.45) is 0. The molecule has 0 aliphatic rings. The third kappa shape index (κ3) is 4.90. The molecule has 2 N–H and O–H groups in total. The Balaban J connectivity index is 1.60. The maximum Gasteiger partial charge on any atom is 0.270 e. The molecule has 0 atom stereocenters. The van der Waals surface area contributed by atoms with Crippen molar-refractivity contribution in [2.45, 2.75) is 20.8 Å². The number of anilines is 1. The van der Waals surface area contributed by atoms with Gasteiger partial charge in [0.15, 0.2) is 5.82 Å². The Morgan fingerprint density at radius 1 is 1.17 bits per heavy atom. The molecule has 0 aliphatic carbocycles. The fourth-order valence-corrected chi connectivity index (χ4v) is 3.14. The molecule has 2 heterocycles. The molecule has 11 heteroatoms. The van der Waals surface area contributed by atoms with Crippen LogP contribution < -0.4 is 10.6 Å². The van der Waals surface area contributed by atoms with Crippen molar-refractivity contribution in [1.82, 2.24) is 25.1 Å². The molecule has 10 nitrogen and oxygen atoms in total. The quantitative estimate of drug-likeness (QED) is 0.335. The molecular weight excluding hydrogens is 410 g/mol. The molecule has 0 radical (unpaired) electrons. The first-order chi connectivity index (χ1) is 14.2. The standard InChI is InChI=1S/C19H20ClN7O3/c1-11-8-12(2)26(25-11)18-10-17(23-13(3)24-18)21-6-7-22-19(28)15-5-4-14(27(29)30)9-16(15)20/h4-5,8-10H,6-7H2,1-3H3,(H,22,28)(H,21,23,24). The first-order valence-electron chi connectivity index (χ1n) is 9.10. The Labute approximate surface area is 177 Å². The Morgan fingerprint density at radius 2 is 1.93 bits per heavy atom. The number of nitrogens with zero attached hydrogens (tertiary/aromatic N) is 5. The number of hydrogen-bond donors (Lipinski definition) is 2. The van der Waals surface area contributed by atoms with E-state index in [1.807, 2.05) is 19.9 Å². The lowest BCUT2D eigenvalue weighted by Crippen LogP contribution is -2.29. The van der Waals surface area contributed by atoms with Crippen LogP contribution in [0, 0.1) is 30.9 Å². The number of nitro groups is 1. The van der Waals surface area contributed by atoms with Crippen LogP contribution in [0.15, 0.2) is 30.3 Å². The second-order valence-electron chi connectivity index (χ2n) is 6.60. The minimum Gasteiger partial charge on any atom is -0.368 e. The van der Waals surface area contributed by atoms with E-state index < -0.39 is 10.8 Å². The van der Waals surface area contributed by atoms with Gasteiger partial charge in [-0.3, -0.25) is 14.9 Å². The molecule has 1 amide bonds. The molecule has 0 bridgehead atoms. The first kappa shape index (κ1) is 21.2. The summed E-state index contributed by atoms with van der Waals surface area (Å²) in [7, 11) is 0. The van der Waals surface area contributed by atoms with Crippen LogP contribution in [-0.4, -0.2) is 43.7 Å². The highest BCUT2D eigenvalue weighted by Crippen LogP contribution is 2.22. The van der Waals surface area contributed by atoms with Crippen LogP contribution in [0.25, 0.3) is 5.82 Å². The predicted molar refractivity (Wildman–Crippen MR) is 112 cm³/mol. The van der Waals surface area contributed by atoms with E-state index in [2.05, 4.69) is 25.7 Å². The second-order valence-corrected chi connectivity index (χ2v) is 7.01.